The van der Waals surface area contributed by atoms with Gasteiger partial charge in [-0.3, -0.25) is 14.5 Å². The van der Waals surface area contributed by atoms with Crippen LogP contribution >= 0.6 is 0 Å². The van der Waals surface area contributed by atoms with Gasteiger partial charge in [0.05, 0.1) is 24.5 Å². The van der Waals surface area contributed by atoms with Crippen molar-refractivity contribution in [2.45, 2.75) is 6.54 Å². The summed E-state index contributed by atoms with van der Waals surface area (Å²) in [5, 5.41) is 13.6. The summed E-state index contributed by atoms with van der Waals surface area (Å²) in [5.74, 6) is -0.651. The summed E-state index contributed by atoms with van der Waals surface area (Å²) >= 11 is 0. The van der Waals surface area contributed by atoms with Crippen LogP contribution in [0.2, 0.25) is 0 Å². The first kappa shape index (κ1) is 20.0. The zero-order valence-corrected chi connectivity index (χ0v) is 16.5. The van der Waals surface area contributed by atoms with E-state index >= 15 is 0 Å². The lowest BCUT2D eigenvalue weighted by atomic mass is 10.1. The lowest BCUT2D eigenvalue weighted by Gasteiger charge is -2.15. The van der Waals surface area contributed by atoms with Crippen LogP contribution < -0.4 is 10.6 Å². The van der Waals surface area contributed by atoms with E-state index in [1.54, 1.807) is 48.5 Å². The lowest BCUT2D eigenvalue weighted by molar-refractivity contribution is -0.125. The Morgan fingerprint density at radius 3 is 2.19 bits per heavy atom. The SMILES string of the molecule is O=C(Nc1ccc(N=Nc2ccccc2)cc1)c1ccccc1CN1C(=O)CNC1=O. The topological polar surface area (TPSA) is 103 Å². The van der Waals surface area contributed by atoms with E-state index < -0.39 is 6.03 Å². The molecule has 31 heavy (non-hydrogen) atoms. The molecule has 3 aromatic rings. The number of hydrogen-bond acceptors (Lipinski definition) is 5. The third-order valence-electron chi connectivity index (χ3n) is 4.69. The molecule has 0 radical (unpaired) electrons. The maximum atomic E-state index is 12.8. The van der Waals surface area contributed by atoms with Gasteiger partial charge in [0.25, 0.3) is 5.91 Å². The van der Waals surface area contributed by atoms with Crippen molar-refractivity contribution in [1.82, 2.24) is 10.2 Å². The zero-order chi connectivity index (χ0) is 21.6. The number of imide groups is 1. The average molecular weight is 413 g/mol. The molecule has 1 heterocycles. The Morgan fingerprint density at radius 1 is 0.871 bits per heavy atom. The van der Waals surface area contributed by atoms with Gasteiger partial charge in [0, 0.05) is 11.3 Å². The number of carbonyl (C=O) groups is 3. The molecule has 2 N–H and O–H groups in total. The molecule has 0 unspecified atom stereocenters. The second kappa shape index (κ2) is 9.00. The van der Waals surface area contributed by atoms with E-state index in [0.29, 0.717) is 22.5 Å². The van der Waals surface area contributed by atoms with E-state index in [9.17, 15) is 14.4 Å². The Kier molecular flexibility index (Phi) is 5.79. The van der Waals surface area contributed by atoms with Gasteiger partial charge in [0.15, 0.2) is 0 Å². The van der Waals surface area contributed by atoms with E-state index in [1.807, 2.05) is 30.3 Å². The van der Waals surface area contributed by atoms with Crippen LogP contribution in [-0.4, -0.2) is 29.3 Å². The number of amides is 4. The first-order chi connectivity index (χ1) is 15.1. The number of nitrogens with one attached hydrogen (secondary N) is 2. The lowest BCUT2D eigenvalue weighted by Crippen LogP contribution is -2.31. The Labute approximate surface area is 178 Å². The van der Waals surface area contributed by atoms with Gasteiger partial charge in [-0.2, -0.15) is 10.2 Å². The molecule has 154 valence electrons. The molecule has 0 spiro atoms. The number of nitrogens with zero attached hydrogens (tertiary/aromatic N) is 3. The predicted octanol–water partition coefficient (Wildman–Crippen LogP) is 4.41. The Bertz CT molecular complexity index is 1130. The summed E-state index contributed by atoms with van der Waals surface area (Å²) in [5.41, 5.74) is 2.97. The van der Waals surface area contributed by atoms with Crippen LogP contribution in [0, 0.1) is 0 Å². The van der Waals surface area contributed by atoms with Crippen LogP contribution in [0.15, 0.2) is 89.1 Å². The van der Waals surface area contributed by atoms with E-state index in [0.717, 1.165) is 10.6 Å². The second-order valence-corrected chi connectivity index (χ2v) is 6.83. The van der Waals surface area contributed by atoms with E-state index in [4.69, 9.17) is 0 Å². The highest BCUT2D eigenvalue weighted by Crippen LogP contribution is 2.21. The third-order valence-corrected chi connectivity index (χ3v) is 4.69. The quantitative estimate of drug-likeness (QED) is 0.462. The van der Waals surface area contributed by atoms with Gasteiger partial charge < -0.3 is 10.6 Å². The molecule has 1 aliphatic rings. The second-order valence-electron chi connectivity index (χ2n) is 6.83. The van der Waals surface area contributed by atoms with Gasteiger partial charge in [0.2, 0.25) is 5.91 Å². The largest absolute Gasteiger partial charge is 0.329 e. The van der Waals surface area contributed by atoms with Crippen molar-refractivity contribution in [3.63, 3.8) is 0 Å². The summed E-state index contributed by atoms with van der Waals surface area (Å²) in [7, 11) is 0. The minimum atomic E-state index is -0.458. The standard InChI is InChI=1S/C23H19N5O3/c29-21-14-24-23(31)28(21)15-16-6-4-5-9-20(16)22(30)25-17-10-12-19(13-11-17)27-26-18-7-2-1-3-8-18/h1-13H,14-15H2,(H,24,31)(H,25,30). The first-order valence-corrected chi connectivity index (χ1v) is 9.64. The Hall–Kier alpha value is -4.33. The molecule has 0 saturated carbocycles. The van der Waals surface area contributed by atoms with Crippen LogP contribution in [0.4, 0.5) is 21.9 Å². The summed E-state index contributed by atoms with van der Waals surface area (Å²) in [6, 6.07) is 22.8. The minimum absolute atomic E-state index is 0.0266. The van der Waals surface area contributed by atoms with Crippen molar-refractivity contribution in [3.8, 4) is 0 Å². The number of rotatable bonds is 6. The van der Waals surface area contributed by atoms with Gasteiger partial charge in [-0.1, -0.05) is 36.4 Å². The average Bonchev–Trinajstić information content (AvgIpc) is 3.12. The van der Waals surface area contributed by atoms with Crippen LogP contribution in [0.25, 0.3) is 0 Å². The van der Waals surface area contributed by atoms with E-state index in [1.165, 1.54) is 0 Å². The fraction of sp³-hybridized carbons (Fsp3) is 0.0870. The van der Waals surface area contributed by atoms with Crippen LogP contribution in [0.1, 0.15) is 15.9 Å². The highest BCUT2D eigenvalue weighted by molar-refractivity contribution is 6.06. The normalized spacial score (nSPS) is 13.5. The molecule has 0 bridgehead atoms. The number of azo groups is 1. The highest BCUT2D eigenvalue weighted by atomic mass is 16.2. The number of carbonyl (C=O) groups excluding carboxylic acids is 3. The number of urea groups is 1. The Morgan fingerprint density at radius 2 is 1.52 bits per heavy atom. The van der Waals surface area contributed by atoms with Crippen LogP contribution in [-0.2, 0) is 11.3 Å². The van der Waals surface area contributed by atoms with Gasteiger partial charge in [0.1, 0.15) is 0 Å². The van der Waals surface area contributed by atoms with Crippen molar-refractivity contribution in [1.29, 1.82) is 0 Å². The minimum Gasteiger partial charge on any atom is -0.329 e. The molecular weight excluding hydrogens is 394 g/mol. The molecule has 0 aliphatic carbocycles. The molecular formula is C23H19N5O3. The molecule has 4 amide bonds. The molecule has 0 atom stereocenters. The molecule has 3 aromatic carbocycles. The van der Waals surface area contributed by atoms with Crippen molar-refractivity contribution in [3.05, 3.63) is 90.0 Å². The Balaban J connectivity index is 1.44. The van der Waals surface area contributed by atoms with Gasteiger partial charge in [-0.05, 0) is 48.0 Å². The monoisotopic (exact) mass is 413 g/mol. The maximum Gasteiger partial charge on any atom is 0.324 e. The van der Waals surface area contributed by atoms with Crippen molar-refractivity contribution in [2.75, 3.05) is 11.9 Å². The fourth-order valence-electron chi connectivity index (χ4n) is 3.09. The van der Waals surface area contributed by atoms with Gasteiger partial charge in [-0.15, -0.1) is 0 Å². The molecule has 0 aromatic heterocycles. The number of benzene rings is 3. The van der Waals surface area contributed by atoms with Crippen LogP contribution in [0.3, 0.4) is 0 Å². The predicted molar refractivity (Wildman–Crippen MR) is 115 cm³/mol. The summed E-state index contributed by atoms with van der Waals surface area (Å²) in [6.07, 6.45) is 0. The van der Waals surface area contributed by atoms with E-state index in [-0.39, 0.29) is 24.9 Å². The summed E-state index contributed by atoms with van der Waals surface area (Å²) in [6.45, 7) is 0.00816. The fourth-order valence-corrected chi connectivity index (χ4v) is 3.09. The first-order valence-electron chi connectivity index (χ1n) is 9.64. The molecule has 1 saturated heterocycles. The molecule has 8 nitrogen and oxygen atoms in total. The molecule has 4 rings (SSSR count). The van der Waals surface area contributed by atoms with Gasteiger partial charge >= 0.3 is 6.03 Å². The van der Waals surface area contributed by atoms with Crippen molar-refractivity contribution in [2.24, 2.45) is 10.2 Å². The zero-order valence-electron chi connectivity index (χ0n) is 16.5. The van der Waals surface area contributed by atoms with E-state index in [2.05, 4.69) is 20.9 Å². The molecule has 1 fully saturated rings. The smallest absolute Gasteiger partial charge is 0.324 e. The third kappa shape index (κ3) is 4.81. The maximum absolute atomic E-state index is 12.8. The number of hydrogen-bond donors (Lipinski definition) is 2. The number of anilines is 1. The van der Waals surface area contributed by atoms with Crippen molar-refractivity contribution < 1.29 is 14.4 Å². The molecule has 8 heteroatoms. The molecule has 1 aliphatic heterocycles. The highest BCUT2D eigenvalue weighted by Gasteiger charge is 2.29. The van der Waals surface area contributed by atoms with Gasteiger partial charge in [-0.25, -0.2) is 4.79 Å². The van der Waals surface area contributed by atoms with Crippen LogP contribution in [0.5, 0.6) is 0 Å². The summed E-state index contributed by atoms with van der Waals surface area (Å²) < 4.78 is 0. The summed E-state index contributed by atoms with van der Waals surface area (Å²) in [4.78, 5) is 37.6. The van der Waals surface area contributed by atoms with Crippen molar-refractivity contribution >= 4 is 34.9 Å².